The quantitative estimate of drug-likeness (QED) is 0.600. The second-order valence-corrected chi connectivity index (χ2v) is 3.91. The summed E-state index contributed by atoms with van der Waals surface area (Å²) < 4.78 is 1.86. The van der Waals surface area contributed by atoms with Crippen LogP contribution in [0.5, 0.6) is 0 Å². The van der Waals surface area contributed by atoms with Crippen molar-refractivity contribution < 1.29 is 0 Å². The molecule has 0 saturated carbocycles. The first-order valence-electron chi connectivity index (χ1n) is 5.32. The third kappa shape index (κ3) is 1.39. The summed E-state index contributed by atoms with van der Waals surface area (Å²) in [4.78, 5) is 0. The first-order valence-corrected chi connectivity index (χ1v) is 5.32. The molecular weight excluding hydrogens is 196 g/mol. The summed E-state index contributed by atoms with van der Waals surface area (Å²) >= 11 is 0. The van der Waals surface area contributed by atoms with Crippen LogP contribution in [0.4, 0.5) is 0 Å². The summed E-state index contributed by atoms with van der Waals surface area (Å²) in [5.41, 5.74) is 3.47. The highest BCUT2D eigenvalue weighted by Gasteiger charge is 2.05. The molecule has 0 radical (unpaired) electrons. The summed E-state index contributed by atoms with van der Waals surface area (Å²) in [6, 6.07) is 16.6. The molecule has 0 bridgehead atoms. The first-order chi connectivity index (χ1) is 7.84. The highest BCUT2D eigenvalue weighted by Crippen LogP contribution is 2.26. The van der Waals surface area contributed by atoms with Gasteiger partial charge in [-0.1, -0.05) is 48.5 Å². The minimum atomic E-state index is 1.07. The Labute approximate surface area is 94.1 Å². The Balaban J connectivity index is 2.31. The molecule has 0 aliphatic heterocycles. The Morgan fingerprint density at radius 3 is 2.56 bits per heavy atom. The van der Waals surface area contributed by atoms with Crippen molar-refractivity contribution in [2.75, 3.05) is 0 Å². The lowest BCUT2D eigenvalue weighted by atomic mass is 10.0. The van der Waals surface area contributed by atoms with Crippen molar-refractivity contribution in [3.8, 4) is 11.1 Å². The van der Waals surface area contributed by atoms with Gasteiger partial charge in [0.1, 0.15) is 5.52 Å². The molecule has 0 amide bonds. The fraction of sp³-hybridized carbons (Fsp3) is 0.0714. The predicted octanol–water partition coefficient (Wildman–Crippen LogP) is 3.24. The van der Waals surface area contributed by atoms with Gasteiger partial charge in [-0.15, -0.1) is 0 Å². The number of aromatic nitrogens is 2. The number of aryl methyl sites for hydroxylation is 1. The maximum atomic E-state index is 4.51. The molecule has 2 nitrogen and oxygen atoms in total. The van der Waals surface area contributed by atoms with Crippen molar-refractivity contribution in [3.63, 3.8) is 0 Å². The summed E-state index contributed by atoms with van der Waals surface area (Å²) in [5.74, 6) is 0. The zero-order valence-corrected chi connectivity index (χ0v) is 9.09. The molecule has 16 heavy (non-hydrogen) atoms. The van der Waals surface area contributed by atoms with Crippen molar-refractivity contribution in [3.05, 3.63) is 54.7 Å². The molecule has 3 rings (SSSR count). The number of fused-ring (bicyclic) bond motifs is 1. The van der Waals surface area contributed by atoms with Crippen LogP contribution in [-0.4, -0.2) is 9.78 Å². The van der Waals surface area contributed by atoms with Crippen molar-refractivity contribution in [1.29, 1.82) is 0 Å². The molecule has 0 unspecified atom stereocenters. The SMILES string of the molecule is Cn1cc2cccc(-c3ccccc3)c2n1. The van der Waals surface area contributed by atoms with E-state index in [1.165, 1.54) is 16.5 Å². The Hall–Kier alpha value is -2.09. The third-order valence-electron chi connectivity index (χ3n) is 2.74. The number of nitrogens with zero attached hydrogens (tertiary/aromatic N) is 2. The molecule has 0 fully saturated rings. The van der Waals surface area contributed by atoms with E-state index in [0.717, 1.165) is 5.52 Å². The molecule has 0 N–H and O–H groups in total. The minimum absolute atomic E-state index is 1.07. The van der Waals surface area contributed by atoms with Crippen molar-refractivity contribution in [2.45, 2.75) is 0 Å². The molecule has 0 saturated heterocycles. The van der Waals surface area contributed by atoms with E-state index < -0.39 is 0 Å². The Morgan fingerprint density at radius 1 is 0.938 bits per heavy atom. The summed E-state index contributed by atoms with van der Waals surface area (Å²) in [5, 5.41) is 5.69. The highest BCUT2D eigenvalue weighted by atomic mass is 15.2. The average molecular weight is 208 g/mol. The van der Waals surface area contributed by atoms with E-state index in [0.29, 0.717) is 0 Å². The van der Waals surface area contributed by atoms with Crippen LogP contribution in [0.25, 0.3) is 22.0 Å². The standard InChI is InChI=1S/C14H12N2/c1-16-10-12-8-5-9-13(14(12)15-16)11-6-3-2-4-7-11/h2-10H,1H3. The van der Waals surface area contributed by atoms with Gasteiger partial charge in [0.15, 0.2) is 0 Å². The molecule has 2 heteroatoms. The van der Waals surface area contributed by atoms with Crippen molar-refractivity contribution in [2.24, 2.45) is 7.05 Å². The molecule has 3 aromatic rings. The molecule has 1 aromatic heterocycles. The van der Waals surface area contributed by atoms with E-state index >= 15 is 0 Å². The zero-order chi connectivity index (χ0) is 11.0. The van der Waals surface area contributed by atoms with Crippen molar-refractivity contribution in [1.82, 2.24) is 9.78 Å². The Bertz CT molecular complexity index is 624. The van der Waals surface area contributed by atoms with Crippen LogP contribution in [0.3, 0.4) is 0 Å². The number of rotatable bonds is 1. The van der Waals surface area contributed by atoms with Gasteiger partial charge in [0.05, 0.1) is 0 Å². The lowest BCUT2D eigenvalue weighted by molar-refractivity contribution is 0.780. The molecule has 2 aromatic carbocycles. The maximum absolute atomic E-state index is 4.51. The van der Waals surface area contributed by atoms with Gasteiger partial charge >= 0.3 is 0 Å². The number of hydrogen-bond donors (Lipinski definition) is 0. The van der Waals surface area contributed by atoms with E-state index in [1.807, 2.05) is 24.0 Å². The van der Waals surface area contributed by atoms with E-state index in [2.05, 4.69) is 47.6 Å². The Morgan fingerprint density at radius 2 is 1.75 bits per heavy atom. The van der Waals surface area contributed by atoms with Crippen LogP contribution in [-0.2, 0) is 7.05 Å². The molecule has 0 spiro atoms. The fourth-order valence-corrected chi connectivity index (χ4v) is 2.02. The van der Waals surface area contributed by atoms with Crippen LogP contribution in [0, 0.1) is 0 Å². The predicted molar refractivity (Wildman–Crippen MR) is 66.2 cm³/mol. The van der Waals surface area contributed by atoms with Gasteiger partial charge in [-0.25, -0.2) is 0 Å². The van der Waals surface area contributed by atoms with E-state index in [1.54, 1.807) is 0 Å². The van der Waals surface area contributed by atoms with Gasteiger partial charge in [-0.2, -0.15) is 5.10 Å². The van der Waals surface area contributed by atoms with Crippen LogP contribution >= 0.6 is 0 Å². The largest absolute Gasteiger partial charge is 0.275 e. The van der Waals surface area contributed by atoms with Crippen LogP contribution in [0.2, 0.25) is 0 Å². The van der Waals surface area contributed by atoms with Gasteiger partial charge in [-0.3, -0.25) is 4.68 Å². The first kappa shape index (κ1) is 9.16. The molecule has 0 aliphatic rings. The normalized spacial score (nSPS) is 10.8. The zero-order valence-electron chi connectivity index (χ0n) is 9.09. The van der Waals surface area contributed by atoms with Gasteiger partial charge in [0.2, 0.25) is 0 Å². The lowest BCUT2D eigenvalue weighted by Crippen LogP contribution is -1.86. The average Bonchev–Trinajstić information content (AvgIpc) is 2.70. The molecule has 1 heterocycles. The second-order valence-electron chi connectivity index (χ2n) is 3.91. The summed E-state index contributed by atoms with van der Waals surface area (Å²) in [6.45, 7) is 0. The number of hydrogen-bond acceptors (Lipinski definition) is 1. The molecular formula is C14H12N2. The monoisotopic (exact) mass is 208 g/mol. The maximum Gasteiger partial charge on any atom is 0.100 e. The van der Waals surface area contributed by atoms with Gasteiger partial charge in [0.25, 0.3) is 0 Å². The second kappa shape index (κ2) is 3.49. The van der Waals surface area contributed by atoms with E-state index in [4.69, 9.17) is 0 Å². The minimum Gasteiger partial charge on any atom is -0.275 e. The smallest absolute Gasteiger partial charge is 0.100 e. The van der Waals surface area contributed by atoms with Crippen LogP contribution in [0.15, 0.2) is 54.7 Å². The summed E-state index contributed by atoms with van der Waals surface area (Å²) in [6.07, 6.45) is 2.04. The van der Waals surface area contributed by atoms with E-state index in [9.17, 15) is 0 Å². The van der Waals surface area contributed by atoms with Gasteiger partial charge < -0.3 is 0 Å². The van der Waals surface area contributed by atoms with E-state index in [-0.39, 0.29) is 0 Å². The third-order valence-corrected chi connectivity index (χ3v) is 2.74. The number of benzene rings is 2. The molecule has 0 atom stereocenters. The van der Waals surface area contributed by atoms with Crippen LogP contribution in [0.1, 0.15) is 0 Å². The highest BCUT2D eigenvalue weighted by molar-refractivity contribution is 5.93. The van der Waals surface area contributed by atoms with Gasteiger partial charge in [0, 0.05) is 24.2 Å². The molecule has 78 valence electrons. The fourth-order valence-electron chi connectivity index (χ4n) is 2.02. The molecule has 0 aliphatic carbocycles. The van der Waals surface area contributed by atoms with Crippen molar-refractivity contribution >= 4 is 10.9 Å². The lowest BCUT2D eigenvalue weighted by Gasteiger charge is -2.01. The van der Waals surface area contributed by atoms with Crippen LogP contribution < -0.4 is 0 Å². The Kier molecular flexibility index (Phi) is 2.00. The summed E-state index contributed by atoms with van der Waals surface area (Å²) in [7, 11) is 1.95. The van der Waals surface area contributed by atoms with Gasteiger partial charge in [-0.05, 0) is 5.56 Å². The topological polar surface area (TPSA) is 17.8 Å².